The smallest absolute Gasteiger partial charge is 0.311 e. The number of esters is 2. The van der Waals surface area contributed by atoms with Crippen molar-refractivity contribution in [2.45, 2.75) is 45.4 Å². The predicted molar refractivity (Wildman–Crippen MR) is 63.3 cm³/mol. The molecule has 17 heavy (non-hydrogen) atoms. The van der Waals surface area contributed by atoms with Crippen LogP contribution in [0.3, 0.4) is 0 Å². The van der Waals surface area contributed by atoms with Gasteiger partial charge in [0.25, 0.3) is 0 Å². The van der Waals surface area contributed by atoms with Crippen molar-refractivity contribution in [1.82, 2.24) is 0 Å². The third-order valence-electron chi connectivity index (χ3n) is 3.82. The highest BCUT2D eigenvalue weighted by Gasteiger charge is 2.43. The van der Waals surface area contributed by atoms with Gasteiger partial charge in [-0.15, -0.1) is 0 Å². The van der Waals surface area contributed by atoms with Crippen LogP contribution in [0.25, 0.3) is 0 Å². The zero-order chi connectivity index (χ0) is 12.9. The van der Waals surface area contributed by atoms with Crippen LogP contribution in [0, 0.1) is 11.3 Å². The lowest BCUT2D eigenvalue weighted by Crippen LogP contribution is -2.38. The molecule has 0 spiro atoms. The summed E-state index contributed by atoms with van der Waals surface area (Å²) in [5.74, 6) is -0.322. The third-order valence-corrected chi connectivity index (χ3v) is 3.82. The number of carbonyl (C=O) groups excluding carboxylic acids is 2. The molecule has 1 aliphatic rings. The van der Waals surface area contributed by atoms with Gasteiger partial charge in [-0.2, -0.15) is 0 Å². The summed E-state index contributed by atoms with van der Waals surface area (Å²) in [4.78, 5) is 23.3. The molecule has 0 saturated heterocycles. The first-order chi connectivity index (χ1) is 8.09. The Labute approximate surface area is 103 Å². The summed E-state index contributed by atoms with van der Waals surface area (Å²) >= 11 is 0. The maximum atomic E-state index is 11.9. The summed E-state index contributed by atoms with van der Waals surface area (Å²) in [6.07, 6.45) is 4.70. The number of carbonyl (C=O) groups is 2. The largest absolute Gasteiger partial charge is 0.469 e. The van der Waals surface area contributed by atoms with Gasteiger partial charge in [0.1, 0.15) is 0 Å². The minimum Gasteiger partial charge on any atom is -0.469 e. The van der Waals surface area contributed by atoms with E-state index in [0.717, 1.165) is 38.5 Å². The molecule has 1 aliphatic carbocycles. The van der Waals surface area contributed by atoms with Crippen LogP contribution in [-0.2, 0) is 19.1 Å². The Bertz CT molecular complexity index is 277. The number of hydrogen-bond donors (Lipinski definition) is 0. The fourth-order valence-corrected chi connectivity index (χ4v) is 2.82. The van der Waals surface area contributed by atoms with E-state index < -0.39 is 0 Å². The lowest BCUT2D eigenvalue weighted by Gasteiger charge is -2.36. The van der Waals surface area contributed by atoms with E-state index >= 15 is 0 Å². The Kier molecular flexibility index (Phi) is 4.97. The van der Waals surface area contributed by atoms with E-state index in [-0.39, 0.29) is 23.3 Å². The molecule has 4 heteroatoms. The zero-order valence-corrected chi connectivity index (χ0v) is 11.0. The zero-order valence-electron chi connectivity index (χ0n) is 11.0. The Balaban J connectivity index is 2.67. The summed E-state index contributed by atoms with van der Waals surface area (Å²) in [7, 11) is 2.85. The Morgan fingerprint density at radius 1 is 1.18 bits per heavy atom. The second kappa shape index (κ2) is 6.03. The monoisotopic (exact) mass is 242 g/mol. The van der Waals surface area contributed by atoms with Crippen molar-refractivity contribution >= 4 is 11.9 Å². The fraction of sp³-hybridized carbons (Fsp3) is 0.846. The van der Waals surface area contributed by atoms with Crippen LogP contribution in [0.4, 0.5) is 0 Å². The van der Waals surface area contributed by atoms with Crippen LogP contribution in [0.2, 0.25) is 0 Å². The Morgan fingerprint density at radius 3 is 2.18 bits per heavy atom. The molecule has 1 saturated carbocycles. The molecule has 0 radical (unpaired) electrons. The average molecular weight is 242 g/mol. The van der Waals surface area contributed by atoms with Gasteiger partial charge >= 0.3 is 11.9 Å². The molecule has 1 rings (SSSR count). The maximum absolute atomic E-state index is 11.9. The Hall–Kier alpha value is -1.06. The second-order valence-electron chi connectivity index (χ2n) is 4.82. The van der Waals surface area contributed by atoms with E-state index in [1.165, 1.54) is 14.2 Å². The van der Waals surface area contributed by atoms with E-state index in [1.807, 2.05) is 0 Å². The second-order valence-corrected chi connectivity index (χ2v) is 4.82. The highest BCUT2D eigenvalue weighted by Crippen LogP contribution is 2.43. The predicted octanol–water partition coefficient (Wildman–Crippen LogP) is 2.31. The highest BCUT2D eigenvalue weighted by molar-refractivity contribution is 5.78. The molecular weight excluding hydrogens is 220 g/mol. The lowest BCUT2D eigenvalue weighted by atomic mass is 9.68. The third kappa shape index (κ3) is 2.99. The molecule has 0 atom stereocenters. The molecule has 0 N–H and O–H groups in total. The van der Waals surface area contributed by atoms with Gasteiger partial charge in [0, 0.05) is 0 Å². The normalized spacial score (nSPS) is 28.5. The average Bonchev–Trinajstić information content (AvgIpc) is 2.38. The van der Waals surface area contributed by atoms with Crippen LogP contribution >= 0.6 is 0 Å². The molecule has 1 fully saturated rings. The van der Waals surface area contributed by atoms with E-state index in [9.17, 15) is 9.59 Å². The summed E-state index contributed by atoms with van der Waals surface area (Å²) in [5, 5.41) is 0. The van der Waals surface area contributed by atoms with E-state index in [4.69, 9.17) is 9.47 Å². The van der Waals surface area contributed by atoms with Crippen molar-refractivity contribution < 1.29 is 19.1 Å². The van der Waals surface area contributed by atoms with Crippen molar-refractivity contribution in [3.63, 3.8) is 0 Å². The van der Waals surface area contributed by atoms with Gasteiger partial charge in [0.05, 0.1) is 25.6 Å². The number of hydrogen-bond acceptors (Lipinski definition) is 4. The van der Waals surface area contributed by atoms with Crippen LogP contribution < -0.4 is 0 Å². The molecule has 0 aliphatic heterocycles. The Morgan fingerprint density at radius 2 is 1.76 bits per heavy atom. The molecule has 4 nitrogen and oxygen atoms in total. The molecule has 0 aromatic heterocycles. The first kappa shape index (κ1) is 14.0. The topological polar surface area (TPSA) is 52.6 Å². The van der Waals surface area contributed by atoms with Gasteiger partial charge in [-0.25, -0.2) is 0 Å². The molecular formula is C13H22O4. The molecule has 0 amide bonds. The van der Waals surface area contributed by atoms with Crippen LogP contribution in [0.1, 0.15) is 45.4 Å². The van der Waals surface area contributed by atoms with Crippen molar-refractivity contribution in [3.8, 4) is 0 Å². The van der Waals surface area contributed by atoms with E-state index in [0.29, 0.717) is 0 Å². The van der Waals surface area contributed by atoms with Gasteiger partial charge in [0.15, 0.2) is 0 Å². The van der Waals surface area contributed by atoms with Crippen LogP contribution in [-0.4, -0.2) is 26.2 Å². The number of methoxy groups -OCH3 is 2. The van der Waals surface area contributed by atoms with Crippen molar-refractivity contribution in [2.75, 3.05) is 14.2 Å². The van der Waals surface area contributed by atoms with Gasteiger partial charge in [-0.05, 0) is 32.1 Å². The summed E-state index contributed by atoms with van der Waals surface area (Å²) < 4.78 is 9.66. The summed E-state index contributed by atoms with van der Waals surface area (Å²) in [6, 6.07) is 0. The number of ether oxygens (including phenoxy) is 2. The quantitative estimate of drug-likeness (QED) is 0.710. The molecule has 0 heterocycles. The molecule has 98 valence electrons. The lowest BCUT2D eigenvalue weighted by molar-refractivity contribution is -0.159. The first-order valence-corrected chi connectivity index (χ1v) is 6.26. The van der Waals surface area contributed by atoms with Crippen molar-refractivity contribution in [1.29, 1.82) is 0 Å². The SMILES string of the molecule is CCCC1(C(=O)OC)CCC(C(=O)OC)CC1. The molecule has 0 unspecified atom stereocenters. The van der Waals surface area contributed by atoms with Gasteiger partial charge in [-0.1, -0.05) is 13.3 Å². The van der Waals surface area contributed by atoms with E-state index in [2.05, 4.69) is 6.92 Å². The van der Waals surface area contributed by atoms with Gasteiger partial charge in [-0.3, -0.25) is 9.59 Å². The maximum Gasteiger partial charge on any atom is 0.311 e. The minimum absolute atomic E-state index is 0.0466. The fourth-order valence-electron chi connectivity index (χ4n) is 2.82. The van der Waals surface area contributed by atoms with Crippen LogP contribution in [0.5, 0.6) is 0 Å². The summed E-state index contributed by atoms with van der Waals surface area (Å²) in [5.41, 5.74) is -0.367. The standard InChI is InChI=1S/C13H22O4/c1-4-7-13(12(15)17-3)8-5-10(6-9-13)11(14)16-2/h10H,4-9H2,1-3H3. The van der Waals surface area contributed by atoms with Crippen LogP contribution in [0.15, 0.2) is 0 Å². The van der Waals surface area contributed by atoms with Crippen molar-refractivity contribution in [3.05, 3.63) is 0 Å². The highest BCUT2D eigenvalue weighted by atomic mass is 16.5. The molecule has 0 bridgehead atoms. The van der Waals surface area contributed by atoms with Gasteiger partial charge < -0.3 is 9.47 Å². The van der Waals surface area contributed by atoms with Gasteiger partial charge in [0.2, 0.25) is 0 Å². The molecule has 0 aromatic rings. The minimum atomic E-state index is -0.367. The first-order valence-electron chi connectivity index (χ1n) is 6.26. The molecule has 0 aromatic carbocycles. The van der Waals surface area contributed by atoms with E-state index in [1.54, 1.807) is 0 Å². The summed E-state index contributed by atoms with van der Waals surface area (Å²) in [6.45, 7) is 2.07. The number of rotatable bonds is 4. The van der Waals surface area contributed by atoms with Crippen molar-refractivity contribution in [2.24, 2.45) is 11.3 Å².